The van der Waals surface area contributed by atoms with E-state index in [1.807, 2.05) is 4.90 Å². The number of carbonyl (C=O) groups excluding carboxylic acids is 8. The molecular formula is C54H64F3N7O18. The Hall–Kier alpha value is -8.47. The maximum Gasteiger partial charge on any atom is 0.430 e. The number of alkyl carbamates (subject to hydrolysis) is 1. The fourth-order valence-electron chi connectivity index (χ4n) is 8.49. The third kappa shape index (κ3) is 19.7. The lowest BCUT2D eigenvalue weighted by Gasteiger charge is -2.38. The molecule has 4 heterocycles. The van der Waals surface area contributed by atoms with Crippen molar-refractivity contribution in [3.05, 3.63) is 102 Å². The topological polar surface area (TPSA) is 364 Å². The van der Waals surface area contributed by atoms with E-state index in [-0.39, 0.29) is 48.5 Å². The number of amides is 7. The lowest BCUT2D eigenvalue weighted by atomic mass is 9.91. The Bertz CT molecular complexity index is 2850. The number of nitrogens with zero attached hydrogens (tertiary/aromatic N) is 3. The Morgan fingerprint density at radius 3 is 2.20 bits per heavy atom. The van der Waals surface area contributed by atoms with Gasteiger partial charge in [0.2, 0.25) is 24.0 Å². The molecule has 3 aromatic rings. The Labute approximate surface area is 467 Å². The van der Waals surface area contributed by atoms with Crippen LogP contribution in [0.25, 0.3) is 6.08 Å². The summed E-state index contributed by atoms with van der Waals surface area (Å²) in [5.41, 5.74) is 0.846. The van der Waals surface area contributed by atoms with Crippen molar-refractivity contribution >= 4 is 65.2 Å². The second-order valence-electron chi connectivity index (χ2n) is 20.1. The highest BCUT2D eigenvalue weighted by Crippen LogP contribution is 2.31. The molecule has 444 valence electrons. The summed E-state index contributed by atoms with van der Waals surface area (Å²) in [5, 5.41) is 69.9. The van der Waals surface area contributed by atoms with Gasteiger partial charge in [-0.1, -0.05) is 18.9 Å². The standard InChI is InChI=1S/C52H63N7O16.C2HF3O2/c1-52(2,3)75-51(72)55-28-37(59-41(63)16-17-42(59)64)47(68)54-22-18-40(62)56-36-26-33(12-14-38(36)73-50-45(67)43(65)44(66)46(74-50)49(70)71)30-57-23-7-9-32(29-57)13-15-39(61)53-21-5-4-8-31-19-24-58(25-20-31)48(69)34-10-6-11-35(60)27-34;3-2(4,5)1(6)7/h6-7,9-17,23,26-27,29,31,37,43-46,50,65-67H,4-5,8,18-22,24-25,28,30H2,1-3H3,(H5-,53,54,55,56,60,61,62,68,70,71,72);(H,6,7)/b15-13+;/t37-,43-,44-,45+,46-,50+;/m0./s1. The van der Waals surface area contributed by atoms with Gasteiger partial charge < -0.3 is 75.8 Å². The number of halogens is 3. The van der Waals surface area contributed by atoms with E-state index >= 15 is 0 Å². The van der Waals surface area contributed by atoms with E-state index in [1.165, 1.54) is 30.3 Å². The summed E-state index contributed by atoms with van der Waals surface area (Å²) in [6.45, 7) is 6.04. The number of aromatic hydroxyl groups is 1. The molecule has 1 aromatic heterocycles. The van der Waals surface area contributed by atoms with Gasteiger partial charge in [-0.25, -0.2) is 14.2 Å². The van der Waals surface area contributed by atoms with Crippen molar-refractivity contribution in [1.82, 2.24) is 25.8 Å². The number of carboxylic acids is 2. The van der Waals surface area contributed by atoms with Crippen LogP contribution in [0.15, 0.2) is 85.2 Å². The highest BCUT2D eigenvalue weighted by atomic mass is 19.4. The quantitative estimate of drug-likeness (QED) is 0.0302. The summed E-state index contributed by atoms with van der Waals surface area (Å²) >= 11 is 0. The average molecular weight is 1160 g/mol. The number of alkyl halides is 3. The van der Waals surface area contributed by atoms with Crippen LogP contribution < -0.4 is 35.7 Å². The highest BCUT2D eigenvalue weighted by Gasteiger charge is 2.48. The van der Waals surface area contributed by atoms with Gasteiger partial charge in [-0.15, -0.1) is 0 Å². The first kappa shape index (κ1) is 64.4. The molecule has 82 heavy (non-hydrogen) atoms. The minimum Gasteiger partial charge on any atom is -0.542 e. The van der Waals surface area contributed by atoms with E-state index in [9.17, 15) is 77.1 Å². The fraction of sp³-hybridized carbons (Fsp3) is 0.444. The number of nitrogens with one attached hydrogen (secondary N) is 4. The number of aliphatic hydroxyl groups is 3. The number of benzene rings is 2. The number of hydrogen-bond donors (Lipinski definition) is 9. The molecule has 0 bridgehead atoms. The molecule has 2 saturated heterocycles. The number of phenols is 1. The zero-order valence-corrected chi connectivity index (χ0v) is 44.7. The minimum absolute atomic E-state index is 0.0116. The van der Waals surface area contributed by atoms with E-state index in [0.29, 0.717) is 47.1 Å². The van der Waals surface area contributed by atoms with Crippen LogP contribution in [0.4, 0.5) is 23.7 Å². The number of hydrogen-bond acceptors (Lipinski definition) is 17. The normalized spacial score (nSPS) is 19.6. The molecule has 0 saturated carbocycles. The van der Waals surface area contributed by atoms with Crippen LogP contribution in [0.5, 0.6) is 11.5 Å². The number of unbranched alkanes of at least 4 members (excludes halogenated alkanes) is 1. The number of phenolic OH excluding ortho intramolecular Hbond substituents is 1. The van der Waals surface area contributed by atoms with E-state index in [2.05, 4.69) is 21.3 Å². The zero-order valence-electron chi connectivity index (χ0n) is 44.7. The van der Waals surface area contributed by atoms with E-state index in [0.717, 1.165) is 44.3 Å². The van der Waals surface area contributed by atoms with Crippen molar-refractivity contribution < 1.29 is 106 Å². The number of carboxylic acid groups (broad SMARTS) is 2. The lowest BCUT2D eigenvalue weighted by Crippen LogP contribution is -2.61. The molecule has 0 aliphatic carbocycles. The SMILES string of the molecule is CC(C)(C)OC(=O)NC[C@@H](C(=O)NCCC(=O)Nc1cc(C[n+]2cccc(/C=C/C(=O)NCCCCC3CCN(C(=O)c4cccc(O)c4)CC3)c2)ccc1O[C@@H]1O[C@H](C(=O)O)[C@@H](O)[C@H](O)[C@H]1O)N1C(=O)C=CC1=O.O=C([O-])C(F)(F)F. The number of imide groups is 1. The van der Waals surface area contributed by atoms with Gasteiger partial charge in [0.25, 0.3) is 17.7 Å². The second kappa shape index (κ2) is 29.3. The van der Waals surface area contributed by atoms with Crippen LogP contribution in [0.1, 0.15) is 80.8 Å². The Morgan fingerprint density at radius 2 is 1.56 bits per heavy atom. The number of likely N-dealkylation sites (tertiary alicyclic amines) is 1. The van der Waals surface area contributed by atoms with Gasteiger partial charge in [0.15, 0.2) is 25.0 Å². The molecule has 0 radical (unpaired) electrons. The maximum absolute atomic E-state index is 13.5. The summed E-state index contributed by atoms with van der Waals surface area (Å²) in [4.78, 5) is 113. The van der Waals surface area contributed by atoms with Gasteiger partial charge in [-0.3, -0.25) is 33.7 Å². The number of aromatic nitrogens is 1. The van der Waals surface area contributed by atoms with Gasteiger partial charge in [0.1, 0.15) is 47.4 Å². The first-order valence-electron chi connectivity index (χ1n) is 25.7. The summed E-state index contributed by atoms with van der Waals surface area (Å²) < 4.78 is 49.7. The maximum atomic E-state index is 13.5. The molecule has 3 aliphatic heterocycles. The molecule has 7 amide bonds. The summed E-state index contributed by atoms with van der Waals surface area (Å²) in [7, 11) is 0. The van der Waals surface area contributed by atoms with Crippen LogP contribution in [0.2, 0.25) is 0 Å². The molecule has 0 spiro atoms. The predicted molar refractivity (Wildman–Crippen MR) is 276 cm³/mol. The number of ether oxygens (including phenoxy) is 3. The second-order valence-corrected chi connectivity index (χ2v) is 20.1. The van der Waals surface area contributed by atoms with Crippen LogP contribution in [0, 0.1) is 5.92 Å². The van der Waals surface area contributed by atoms with Crippen molar-refractivity contribution in [3.63, 3.8) is 0 Å². The number of pyridine rings is 1. The smallest absolute Gasteiger partial charge is 0.430 e. The number of piperidine rings is 1. The third-order valence-corrected chi connectivity index (χ3v) is 12.6. The van der Waals surface area contributed by atoms with E-state index in [4.69, 9.17) is 24.1 Å². The molecule has 9 N–H and O–H groups in total. The molecule has 0 unspecified atom stereocenters. The molecule has 3 aliphatic rings. The molecular weight excluding hydrogens is 1090 g/mol. The van der Waals surface area contributed by atoms with Crippen molar-refractivity contribution in [2.75, 3.05) is 38.0 Å². The number of aliphatic hydroxyl groups excluding tert-OH is 3. The first-order chi connectivity index (χ1) is 38.6. The van der Waals surface area contributed by atoms with Gasteiger partial charge in [0.05, 0.1) is 12.2 Å². The van der Waals surface area contributed by atoms with Gasteiger partial charge >= 0.3 is 18.2 Å². The molecule has 28 heteroatoms. The van der Waals surface area contributed by atoms with E-state index in [1.54, 1.807) is 74.1 Å². The van der Waals surface area contributed by atoms with Crippen molar-refractivity contribution in [3.8, 4) is 11.5 Å². The number of rotatable bonds is 21. The summed E-state index contributed by atoms with van der Waals surface area (Å²) in [6, 6.07) is 12.9. The molecule has 6 rings (SSSR count). The molecule has 25 nitrogen and oxygen atoms in total. The van der Waals surface area contributed by atoms with Crippen LogP contribution in [0.3, 0.4) is 0 Å². The predicted octanol–water partition coefficient (Wildman–Crippen LogP) is 0.413. The first-order valence-corrected chi connectivity index (χ1v) is 25.7. The zero-order chi connectivity index (χ0) is 60.5. The largest absolute Gasteiger partial charge is 0.542 e. The van der Waals surface area contributed by atoms with Crippen molar-refractivity contribution in [1.29, 1.82) is 0 Å². The minimum atomic E-state index is -5.19. The van der Waals surface area contributed by atoms with Gasteiger partial charge in [0, 0.05) is 73.6 Å². The molecule has 6 atom stereocenters. The van der Waals surface area contributed by atoms with Gasteiger partial charge in [-0.2, -0.15) is 13.2 Å². The Balaban J connectivity index is 0.00000165. The highest BCUT2D eigenvalue weighted by molar-refractivity contribution is 6.15. The van der Waals surface area contributed by atoms with Crippen LogP contribution in [-0.2, 0) is 49.6 Å². The average Bonchev–Trinajstić information content (AvgIpc) is 3.84. The fourth-order valence-corrected chi connectivity index (χ4v) is 8.49. The number of anilines is 1. The van der Waals surface area contributed by atoms with Gasteiger partial charge in [-0.05, 0) is 94.5 Å². The number of carbonyl (C=O) groups is 9. The molecule has 2 aromatic carbocycles. The molecule has 2 fully saturated rings. The van der Waals surface area contributed by atoms with Crippen LogP contribution >= 0.6 is 0 Å². The van der Waals surface area contributed by atoms with Crippen molar-refractivity contribution in [2.24, 2.45) is 5.92 Å². The van der Waals surface area contributed by atoms with Crippen LogP contribution in [-0.4, -0.2) is 170 Å². The summed E-state index contributed by atoms with van der Waals surface area (Å²) in [5.74, 6) is -7.77. The Morgan fingerprint density at radius 1 is 0.878 bits per heavy atom. The lowest BCUT2D eigenvalue weighted by molar-refractivity contribution is -0.688. The number of aliphatic carboxylic acids is 2. The monoisotopic (exact) mass is 1160 g/mol. The Kier molecular flexibility index (Phi) is 23.0. The third-order valence-electron chi connectivity index (χ3n) is 12.6. The summed E-state index contributed by atoms with van der Waals surface area (Å²) in [6.07, 6.45) is -3.15. The van der Waals surface area contributed by atoms with E-state index < -0.39 is 96.7 Å². The van der Waals surface area contributed by atoms with Crippen molar-refractivity contribution in [2.45, 2.75) is 114 Å².